The first-order valence-corrected chi connectivity index (χ1v) is 9.32. The molecule has 4 aromatic rings. The Morgan fingerprint density at radius 1 is 1.07 bits per heavy atom. The molecule has 2 N–H and O–H groups in total. The monoisotopic (exact) mass is 387 g/mol. The Labute approximate surface area is 168 Å². The molecule has 0 atom stereocenters. The van der Waals surface area contributed by atoms with Crippen LogP contribution in [-0.2, 0) is 11.3 Å². The van der Waals surface area contributed by atoms with Gasteiger partial charge in [-0.2, -0.15) is 5.10 Å². The van der Waals surface area contributed by atoms with Crippen LogP contribution in [0.2, 0.25) is 0 Å². The zero-order valence-corrected chi connectivity index (χ0v) is 16.0. The molecule has 1 heterocycles. The van der Waals surface area contributed by atoms with Gasteiger partial charge in [0.25, 0.3) is 0 Å². The summed E-state index contributed by atoms with van der Waals surface area (Å²) in [6.45, 7) is 0.554. The number of hydrogen-bond donors (Lipinski definition) is 2. The highest BCUT2D eigenvalue weighted by Gasteiger charge is 2.10. The Morgan fingerprint density at radius 3 is 2.34 bits per heavy atom. The van der Waals surface area contributed by atoms with Crippen molar-refractivity contribution in [1.82, 2.24) is 9.99 Å². The van der Waals surface area contributed by atoms with Crippen LogP contribution in [-0.4, -0.2) is 28.9 Å². The number of aryl methyl sites for hydroxylation is 1. The van der Waals surface area contributed by atoms with E-state index < -0.39 is 0 Å². The van der Waals surface area contributed by atoms with E-state index in [0.717, 1.165) is 11.0 Å². The summed E-state index contributed by atoms with van der Waals surface area (Å²) in [4.78, 5) is 12.3. The summed E-state index contributed by atoms with van der Waals surface area (Å²) >= 11 is 0. The largest absolute Gasteiger partial charge is 0.504 e. The molecule has 29 heavy (non-hydrogen) atoms. The van der Waals surface area contributed by atoms with Gasteiger partial charge in [-0.3, -0.25) is 4.79 Å². The van der Waals surface area contributed by atoms with Gasteiger partial charge in [0.05, 0.1) is 13.3 Å². The van der Waals surface area contributed by atoms with Crippen LogP contribution in [0.25, 0.3) is 21.8 Å². The van der Waals surface area contributed by atoms with Crippen molar-refractivity contribution in [3.05, 3.63) is 72.3 Å². The number of carbonyl (C=O) groups is 1. The van der Waals surface area contributed by atoms with E-state index in [1.807, 2.05) is 24.3 Å². The SMILES string of the molecule is COc1ccc(/C=N/NC(=O)CCn2c3ccccc3c3ccccc32)cc1O. The van der Waals surface area contributed by atoms with Gasteiger partial charge in [0.1, 0.15) is 0 Å². The summed E-state index contributed by atoms with van der Waals surface area (Å²) in [6.07, 6.45) is 1.78. The second kappa shape index (κ2) is 8.06. The molecule has 0 radical (unpaired) electrons. The number of aromatic nitrogens is 1. The lowest BCUT2D eigenvalue weighted by atomic mass is 10.2. The summed E-state index contributed by atoms with van der Waals surface area (Å²) in [6, 6.07) is 21.3. The Kier molecular flexibility index (Phi) is 5.16. The van der Waals surface area contributed by atoms with Gasteiger partial charge in [-0.1, -0.05) is 36.4 Å². The predicted octanol–water partition coefficient (Wildman–Crippen LogP) is 4.05. The lowest BCUT2D eigenvalue weighted by Gasteiger charge is -2.07. The zero-order chi connectivity index (χ0) is 20.2. The number of carbonyl (C=O) groups excluding carboxylic acids is 1. The number of hydrazone groups is 1. The molecule has 0 saturated carbocycles. The van der Waals surface area contributed by atoms with Gasteiger partial charge < -0.3 is 14.4 Å². The number of ether oxygens (including phenoxy) is 1. The first-order valence-electron chi connectivity index (χ1n) is 9.32. The van der Waals surface area contributed by atoms with E-state index in [1.165, 1.54) is 30.2 Å². The zero-order valence-electron chi connectivity index (χ0n) is 16.0. The molecule has 6 heteroatoms. The van der Waals surface area contributed by atoms with E-state index in [9.17, 15) is 9.90 Å². The lowest BCUT2D eigenvalue weighted by Crippen LogP contribution is -2.19. The smallest absolute Gasteiger partial charge is 0.241 e. The highest BCUT2D eigenvalue weighted by Crippen LogP contribution is 2.29. The van der Waals surface area contributed by atoms with Gasteiger partial charge >= 0.3 is 0 Å². The van der Waals surface area contributed by atoms with E-state index in [-0.39, 0.29) is 11.7 Å². The summed E-state index contributed by atoms with van der Waals surface area (Å²) < 4.78 is 7.17. The van der Waals surface area contributed by atoms with Crippen LogP contribution in [0.4, 0.5) is 0 Å². The molecule has 1 amide bonds. The van der Waals surface area contributed by atoms with Crippen LogP contribution in [0, 0.1) is 0 Å². The van der Waals surface area contributed by atoms with E-state index in [4.69, 9.17) is 4.74 Å². The van der Waals surface area contributed by atoms with Gasteiger partial charge in [-0.15, -0.1) is 0 Å². The molecule has 6 nitrogen and oxygen atoms in total. The number of phenols is 1. The van der Waals surface area contributed by atoms with Crippen LogP contribution in [0.3, 0.4) is 0 Å². The van der Waals surface area contributed by atoms with Crippen LogP contribution in [0.1, 0.15) is 12.0 Å². The fourth-order valence-corrected chi connectivity index (χ4v) is 3.48. The number of aromatic hydroxyl groups is 1. The van der Waals surface area contributed by atoms with Crippen molar-refractivity contribution in [2.24, 2.45) is 5.10 Å². The lowest BCUT2D eigenvalue weighted by molar-refractivity contribution is -0.121. The van der Waals surface area contributed by atoms with E-state index in [2.05, 4.69) is 39.4 Å². The van der Waals surface area contributed by atoms with Crippen molar-refractivity contribution in [3.8, 4) is 11.5 Å². The fraction of sp³-hybridized carbons (Fsp3) is 0.130. The molecule has 4 rings (SSSR count). The molecule has 0 unspecified atom stereocenters. The number of phenolic OH excluding ortho intramolecular Hbond substituents is 1. The van der Waals surface area contributed by atoms with Crippen LogP contribution in [0.15, 0.2) is 71.8 Å². The van der Waals surface area contributed by atoms with Gasteiger partial charge in [0, 0.05) is 34.8 Å². The normalized spacial score (nSPS) is 11.3. The molecular formula is C23H21N3O3. The molecule has 3 aromatic carbocycles. The number of para-hydroxylation sites is 2. The number of fused-ring (bicyclic) bond motifs is 3. The standard InChI is InChI=1S/C23H21N3O3/c1-29-22-11-10-16(14-21(22)27)15-24-25-23(28)12-13-26-19-8-4-2-6-17(19)18-7-3-5-9-20(18)26/h2-11,14-15,27H,12-13H2,1H3,(H,25,28)/b24-15+. The Balaban J connectivity index is 1.44. The maximum atomic E-state index is 12.3. The highest BCUT2D eigenvalue weighted by molar-refractivity contribution is 6.08. The highest BCUT2D eigenvalue weighted by atomic mass is 16.5. The maximum Gasteiger partial charge on any atom is 0.241 e. The minimum absolute atomic E-state index is 0.0224. The number of benzene rings is 3. The first-order chi connectivity index (χ1) is 14.2. The Hall–Kier alpha value is -3.80. The number of hydrogen-bond acceptors (Lipinski definition) is 4. The van der Waals surface area contributed by atoms with Gasteiger partial charge in [0.15, 0.2) is 11.5 Å². The van der Waals surface area contributed by atoms with Gasteiger partial charge in [-0.25, -0.2) is 5.43 Å². The molecule has 0 saturated heterocycles. The fourth-order valence-electron chi connectivity index (χ4n) is 3.48. The number of nitrogens with zero attached hydrogens (tertiary/aromatic N) is 2. The number of nitrogens with one attached hydrogen (secondary N) is 1. The van der Waals surface area contributed by atoms with Gasteiger partial charge in [-0.05, 0) is 35.9 Å². The second-order valence-corrected chi connectivity index (χ2v) is 6.66. The maximum absolute atomic E-state index is 12.3. The third kappa shape index (κ3) is 3.78. The van der Waals surface area contributed by atoms with Gasteiger partial charge in [0.2, 0.25) is 5.91 Å². The second-order valence-electron chi connectivity index (χ2n) is 6.66. The summed E-state index contributed by atoms with van der Waals surface area (Å²) in [7, 11) is 1.49. The molecule has 0 aliphatic heterocycles. The minimum Gasteiger partial charge on any atom is -0.504 e. The van der Waals surface area contributed by atoms with Crippen LogP contribution in [0.5, 0.6) is 11.5 Å². The molecule has 0 fully saturated rings. The number of methoxy groups -OCH3 is 1. The molecule has 1 aromatic heterocycles. The van der Waals surface area contributed by atoms with Crippen molar-refractivity contribution in [2.75, 3.05) is 7.11 Å². The van der Waals surface area contributed by atoms with Crippen molar-refractivity contribution >= 4 is 33.9 Å². The predicted molar refractivity (Wildman–Crippen MR) is 114 cm³/mol. The van der Waals surface area contributed by atoms with E-state index in [1.54, 1.807) is 12.1 Å². The number of rotatable bonds is 6. The number of amides is 1. The molecular weight excluding hydrogens is 366 g/mol. The molecule has 0 aliphatic carbocycles. The van der Waals surface area contributed by atoms with E-state index >= 15 is 0 Å². The molecule has 0 bridgehead atoms. The topological polar surface area (TPSA) is 75.8 Å². The average molecular weight is 387 g/mol. The molecule has 0 aliphatic rings. The van der Waals surface area contributed by atoms with Crippen molar-refractivity contribution in [1.29, 1.82) is 0 Å². The van der Waals surface area contributed by atoms with Crippen molar-refractivity contribution in [3.63, 3.8) is 0 Å². The summed E-state index contributed by atoms with van der Waals surface area (Å²) in [5, 5.41) is 16.1. The summed E-state index contributed by atoms with van der Waals surface area (Å²) in [5.74, 6) is 0.229. The summed E-state index contributed by atoms with van der Waals surface area (Å²) in [5.41, 5.74) is 5.42. The third-order valence-electron chi connectivity index (χ3n) is 4.85. The van der Waals surface area contributed by atoms with Crippen molar-refractivity contribution in [2.45, 2.75) is 13.0 Å². The first kappa shape index (κ1) is 18.6. The molecule has 0 spiro atoms. The quantitative estimate of drug-likeness (QED) is 0.387. The minimum atomic E-state index is -0.180. The van der Waals surface area contributed by atoms with Crippen LogP contribution < -0.4 is 10.2 Å². The van der Waals surface area contributed by atoms with E-state index in [0.29, 0.717) is 24.3 Å². The average Bonchev–Trinajstić information content (AvgIpc) is 3.06. The Bertz CT molecular complexity index is 1160. The van der Waals surface area contributed by atoms with Crippen LogP contribution >= 0.6 is 0 Å². The molecule has 146 valence electrons. The third-order valence-corrected chi connectivity index (χ3v) is 4.85. The Morgan fingerprint density at radius 2 is 1.72 bits per heavy atom. The van der Waals surface area contributed by atoms with Crippen molar-refractivity contribution < 1.29 is 14.6 Å².